The summed E-state index contributed by atoms with van der Waals surface area (Å²) < 4.78 is 17.9. The molecule has 0 bridgehead atoms. The van der Waals surface area contributed by atoms with Gasteiger partial charge in [-0.25, -0.2) is 0 Å². The van der Waals surface area contributed by atoms with E-state index in [1.54, 1.807) is 24.1 Å². The van der Waals surface area contributed by atoms with Gasteiger partial charge < -0.3 is 23.7 Å². The van der Waals surface area contributed by atoms with Crippen molar-refractivity contribution in [2.24, 2.45) is 7.05 Å². The van der Waals surface area contributed by atoms with Gasteiger partial charge in [-0.05, 0) is 31.0 Å². The van der Waals surface area contributed by atoms with Gasteiger partial charge in [0, 0.05) is 56.9 Å². The predicted molar refractivity (Wildman–Crippen MR) is 137 cm³/mol. The number of nitro groups is 1. The minimum atomic E-state index is -0.501. The Morgan fingerprint density at radius 1 is 0.919 bits per heavy atom. The standard InChI is InChI=1S/C26H35N3O8/c1-3-13-28(26(32)23-6-4-8-25(31)27(23)2)14-16-36-18-20-37-19-17-35-15-5-7-24(30)21-9-11-22(12-10-21)29(33)34/h4,6,8-12H,3,5,7,13-20H2,1-2H3. The van der Waals surface area contributed by atoms with Crippen molar-refractivity contribution in [1.29, 1.82) is 0 Å². The van der Waals surface area contributed by atoms with Crippen LogP contribution < -0.4 is 5.56 Å². The Morgan fingerprint density at radius 2 is 1.54 bits per heavy atom. The van der Waals surface area contributed by atoms with E-state index in [1.165, 1.54) is 34.9 Å². The van der Waals surface area contributed by atoms with Crippen LogP contribution in [0.15, 0.2) is 47.3 Å². The lowest BCUT2D eigenvalue weighted by atomic mass is 10.1. The first-order chi connectivity index (χ1) is 17.8. The summed E-state index contributed by atoms with van der Waals surface area (Å²) in [5.41, 5.74) is 0.521. The number of ketones is 1. The number of carbonyl (C=O) groups is 2. The minimum Gasteiger partial charge on any atom is -0.379 e. The smallest absolute Gasteiger partial charge is 0.270 e. The van der Waals surface area contributed by atoms with Gasteiger partial charge in [-0.2, -0.15) is 0 Å². The van der Waals surface area contributed by atoms with Gasteiger partial charge in [0.2, 0.25) is 0 Å². The molecular formula is C26H35N3O8. The first kappa shape index (κ1) is 29.8. The molecule has 1 aromatic heterocycles. The van der Waals surface area contributed by atoms with Crippen molar-refractivity contribution in [3.63, 3.8) is 0 Å². The number of hydrogen-bond acceptors (Lipinski definition) is 8. The van der Waals surface area contributed by atoms with Crippen LogP contribution in [0.1, 0.15) is 47.0 Å². The maximum Gasteiger partial charge on any atom is 0.270 e. The summed E-state index contributed by atoms with van der Waals surface area (Å²) >= 11 is 0. The maximum absolute atomic E-state index is 12.8. The van der Waals surface area contributed by atoms with E-state index in [4.69, 9.17) is 14.2 Å². The monoisotopic (exact) mass is 517 g/mol. The Balaban J connectivity index is 1.51. The number of nitro benzene ring substituents is 1. The SMILES string of the molecule is CCCN(CCOCCOCCOCCCC(=O)c1ccc([N+](=O)[O-])cc1)C(=O)c1cccc(=O)n1C. The first-order valence-corrected chi connectivity index (χ1v) is 12.3. The number of rotatable bonds is 18. The normalized spacial score (nSPS) is 10.9. The molecule has 0 N–H and O–H groups in total. The number of Topliss-reactive ketones (excluding diaryl/α,β-unsaturated/α-hetero) is 1. The molecule has 0 spiro atoms. The Morgan fingerprint density at radius 3 is 2.16 bits per heavy atom. The van der Waals surface area contributed by atoms with E-state index in [9.17, 15) is 24.5 Å². The minimum absolute atomic E-state index is 0.0454. The lowest BCUT2D eigenvalue weighted by Gasteiger charge is -2.23. The zero-order valence-corrected chi connectivity index (χ0v) is 21.4. The highest BCUT2D eigenvalue weighted by Crippen LogP contribution is 2.13. The molecule has 0 aliphatic carbocycles. The number of carbonyl (C=O) groups excluding carboxylic acids is 2. The van der Waals surface area contributed by atoms with Gasteiger partial charge in [-0.3, -0.25) is 24.5 Å². The molecule has 2 rings (SSSR count). The van der Waals surface area contributed by atoms with Crippen molar-refractivity contribution in [2.75, 3.05) is 52.7 Å². The van der Waals surface area contributed by atoms with E-state index in [2.05, 4.69) is 0 Å². The topological polar surface area (TPSA) is 130 Å². The van der Waals surface area contributed by atoms with Gasteiger partial charge in [0.15, 0.2) is 5.78 Å². The van der Waals surface area contributed by atoms with Gasteiger partial charge in [-0.1, -0.05) is 13.0 Å². The third kappa shape index (κ3) is 10.2. The second-order valence-corrected chi connectivity index (χ2v) is 8.27. The second kappa shape index (κ2) is 16.4. The molecule has 0 aliphatic rings. The van der Waals surface area contributed by atoms with Gasteiger partial charge in [0.05, 0.1) is 38.0 Å². The molecule has 1 aromatic carbocycles. The Kier molecular flexibility index (Phi) is 13.2. The zero-order valence-electron chi connectivity index (χ0n) is 21.4. The number of aromatic nitrogens is 1. The van der Waals surface area contributed by atoms with Crippen LogP contribution in [0.5, 0.6) is 0 Å². The average molecular weight is 518 g/mol. The third-order valence-electron chi connectivity index (χ3n) is 5.53. The molecule has 202 valence electrons. The molecule has 1 amide bonds. The highest BCUT2D eigenvalue weighted by atomic mass is 16.6. The second-order valence-electron chi connectivity index (χ2n) is 8.27. The Bertz CT molecular complexity index is 1070. The van der Waals surface area contributed by atoms with Crippen molar-refractivity contribution in [3.05, 3.63) is 74.2 Å². The summed E-state index contributed by atoms with van der Waals surface area (Å²) in [6.45, 7) is 5.27. The molecule has 11 heteroatoms. The molecule has 0 saturated heterocycles. The number of pyridine rings is 1. The van der Waals surface area contributed by atoms with E-state index >= 15 is 0 Å². The number of benzene rings is 1. The van der Waals surface area contributed by atoms with E-state index in [-0.39, 0.29) is 22.9 Å². The van der Waals surface area contributed by atoms with Gasteiger partial charge in [0.25, 0.3) is 17.2 Å². The fourth-order valence-electron chi connectivity index (χ4n) is 3.49. The largest absolute Gasteiger partial charge is 0.379 e. The molecule has 0 atom stereocenters. The Labute approximate surface area is 216 Å². The van der Waals surface area contributed by atoms with Crippen LogP contribution in [0.2, 0.25) is 0 Å². The average Bonchev–Trinajstić information content (AvgIpc) is 2.89. The van der Waals surface area contributed by atoms with Crippen molar-refractivity contribution in [1.82, 2.24) is 9.47 Å². The molecule has 0 fully saturated rings. The molecule has 0 unspecified atom stereocenters. The summed E-state index contributed by atoms with van der Waals surface area (Å²) in [4.78, 5) is 48.5. The van der Waals surface area contributed by atoms with Gasteiger partial charge in [0.1, 0.15) is 5.69 Å². The molecule has 11 nitrogen and oxygen atoms in total. The van der Waals surface area contributed by atoms with Crippen molar-refractivity contribution >= 4 is 17.4 Å². The number of nitrogens with zero attached hydrogens (tertiary/aromatic N) is 3. The summed E-state index contributed by atoms with van der Waals surface area (Å²) in [6, 6.07) is 10.2. The van der Waals surface area contributed by atoms with E-state index in [0.29, 0.717) is 76.8 Å². The van der Waals surface area contributed by atoms with Crippen LogP contribution in [-0.2, 0) is 21.3 Å². The van der Waals surface area contributed by atoms with E-state index in [1.807, 2.05) is 6.92 Å². The summed E-state index contributed by atoms with van der Waals surface area (Å²) in [5, 5.41) is 10.7. The number of ether oxygens (including phenoxy) is 3. The van der Waals surface area contributed by atoms with Crippen molar-refractivity contribution in [2.45, 2.75) is 26.2 Å². The molecule has 1 heterocycles. The highest BCUT2D eigenvalue weighted by molar-refractivity contribution is 5.96. The van der Waals surface area contributed by atoms with Crippen LogP contribution in [0, 0.1) is 10.1 Å². The lowest BCUT2D eigenvalue weighted by molar-refractivity contribution is -0.384. The zero-order chi connectivity index (χ0) is 27.0. The molecule has 37 heavy (non-hydrogen) atoms. The fourth-order valence-corrected chi connectivity index (χ4v) is 3.49. The highest BCUT2D eigenvalue weighted by Gasteiger charge is 2.17. The molecular weight excluding hydrogens is 482 g/mol. The van der Waals surface area contributed by atoms with E-state index < -0.39 is 4.92 Å². The van der Waals surface area contributed by atoms with Crippen LogP contribution in [0.3, 0.4) is 0 Å². The Hall–Kier alpha value is -3.41. The third-order valence-corrected chi connectivity index (χ3v) is 5.53. The molecule has 2 aromatic rings. The molecule has 0 aliphatic heterocycles. The van der Waals surface area contributed by atoms with Crippen LogP contribution in [0.25, 0.3) is 0 Å². The number of hydrogen-bond donors (Lipinski definition) is 0. The predicted octanol–water partition coefficient (Wildman–Crippen LogP) is 2.86. The van der Waals surface area contributed by atoms with Crippen molar-refractivity contribution < 1.29 is 28.7 Å². The molecule has 0 radical (unpaired) electrons. The van der Waals surface area contributed by atoms with Crippen LogP contribution in [0.4, 0.5) is 5.69 Å². The van der Waals surface area contributed by atoms with Crippen LogP contribution >= 0.6 is 0 Å². The van der Waals surface area contributed by atoms with Crippen LogP contribution in [-0.4, -0.2) is 78.8 Å². The first-order valence-electron chi connectivity index (χ1n) is 12.3. The quantitative estimate of drug-likeness (QED) is 0.128. The van der Waals surface area contributed by atoms with E-state index in [0.717, 1.165) is 6.42 Å². The summed E-state index contributed by atoms with van der Waals surface area (Å²) in [5.74, 6) is -0.285. The number of amides is 1. The van der Waals surface area contributed by atoms with Crippen molar-refractivity contribution in [3.8, 4) is 0 Å². The van der Waals surface area contributed by atoms with Gasteiger partial charge >= 0.3 is 0 Å². The number of non-ortho nitro benzene ring substituents is 1. The van der Waals surface area contributed by atoms with Gasteiger partial charge in [-0.15, -0.1) is 0 Å². The molecule has 0 saturated carbocycles. The summed E-state index contributed by atoms with van der Waals surface area (Å²) in [6.07, 6.45) is 1.63. The fraction of sp³-hybridized carbons (Fsp3) is 0.500. The summed E-state index contributed by atoms with van der Waals surface area (Å²) in [7, 11) is 1.58. The maximum atomic E-state index is 12.8. The lowest BCUT2D eigenvalue weighted by Crippen LogP contribution is -2.37.